The van der Waals surface area contributed by atoms with Gasteiger partial charge in [0.05, 0.1) is 18.8 Å². The van der Waals surface area contributed by atoms with Gasteiger partial charge in [-0.3, -0.25) is 0 Å². The Bertz CT molecular complexity index is 392. The summed E-state index contributed by atoms with van der Waals surface area (Å²) < 4.78 is 13.0. The van der Waals surface area contributed by atoms with Crippen LogP contribution in [0.3, 0.4) is 0 Å². The third-order valence-corrected chi connectivity index (χ3v) is 14.8. The van der Waals surface area contributed by atoms with Crippen molar-refractivity contribution in [3.05, 3.63) is 12.7 Å². The van der Waals surface area contributed by atoms with E-state index in [1.54, 1.807) is 0 Å². The monoisotopic (exact) mass is 374 g/mol. The third kappa shape index (κ3) is 7.12. The van der Waals surface area contributed by atoms with Crippen molar-refractivity contribution < 1.29 is 14.0 Å². The minimum atomic E-state index is -1.90. The molecule has 0 aliphatic heterocycles. The Balaban J connectivity index is 5.12. The number of rotatable bonds is 9. The van der Waals surface area contributed by atoms with Crippen molar-refractivity contribution in [2.45, 2.75) is 103 Å². The lowest BCUT2D eigenvalue weighted by Crippen LogP contribution is -2.48. The van der Waals surface area contributed by atoms with Crippen LogP contribution in [0.15, 0.2) is 12.7 Å². The number of hydrogen-bond acceptors (Lipinski definition) is 3. The van der Waals surface area contributed by atoms with Crippen LogP contribution in [0.5, 0.6) is 0 Å². The van der Waals surface area contributed by atoms with Gasteiger partial charge in [0.15, 0.2) is 16.6 Å². The van der Waals surface area contributed by atoms with Crippen LogP contribution in [0.2, 0.25) is 36.3 Å². The molecule has 1 N–H and O–H groups in total. The third-order valence-electron chi connectivity index (χ3n) is 5.69. The molecule has 2 atom stereocenters. The standard InChI is InChI=1S/C19H42O3Si2/c1-12-13-16(21-23(8,9)18(2,3)4)14-17(15-20)22-24(10,11)19(5,6)7/h12,16-17,20H,1,13-15H2,2-11H3/t16-,17+/m1/s1. The van der Waals surface area contributed by atoms with E-state index in [1.165, 1.54) is 0 Å². The summed E-state index contributed by atoms with van der Waals surface area (Å²) in [6.45, 7) is 26.3. The van der Waals surface area contributed by atoms with Crippen molar-refractivity contribution in [3.8, 4) is 0 Å². The van der Waals surface area contributed by atoms with Gasteiger partial charge in [0.25, 0.3) is 0 Å². The Labute approximate surface area is 153 Å². The predicted octanol–water partition coefficient (Wildman–Crippen LogP) is 5.73. The molecule has 0 heterocycles. The first-order valence-electron chi connectivity index (χ1n) is 9.15. The first kappa shape index (κ1) is 24.1. The molecule has 0 spiro atoms. The minimum absolute atomic E-state index is 0.0427. The Kier molecular flexibility index (Phi) is 8.65. The topological polar surface area (TPSA) is 38.7 Å². The molecular formula is C19H42O3Si2. The average molecular weight is 375 g/mol. The summed E-state index contributed by atoms with van der Waals surface area (Å²) in [4.78, 5) is 0. The molecule has 0 bridgehead atoms. The van der Waals surface area contributed by atoms with Crippen LogP contribution in [0, 0.1) is 0 Å². The maximum Gasteiger partial charge on any atom is 0.192 e. The van der Waals surface area contributed by atoms with Gasteiger partial charge in [-0.25, -0.2) is 0 Å². The van der Waals surface area contributed by atoms with Crippen molar-refractivity contribution in [1.82, 2.24) is 0 Å². The lowest BCUT2D eigenvalue weighted by atomic mass is 10.1. The minimum Gasteiger partial charge on any atom is -0.414 e. The molecule has 0 saturated carbocycles. The lowest BCUT2D eigenvalue weighted by molar-refractivity contribution is 0.0534. The highest BCUT2D eigenvalue weighted by molar-refractivity contribution is 6.74. The summed E-state index contributed by atoms with van der Waals surface area (Å²) in [5.74, 6) is 0. The second kappa shape index (κ2) is 8.63. The molecule has 0 amide bonds. The lowest BCUT2D eigenvalue weighted by Gasteiger charge is -2.42. The molecule has 144 valence electrons. The van der Waals surface area contributed by atoms with Crippen molar-refractivity contribution in [2.75, 3.05) is 6.61 Å². The number of aliphatic hydroxyl groups excluding tert-OH is 1. The Morgan fingerprint density at radius 1 is 0.875 bits per heavy atom. The van der Waals surface area contributed by atoms with Crippen LogP contribution in [-0.2, 0) is 8.85 Å². The fourth-order valence-electron chi connectivity index (χ4n) is 2.02. The maximum absolute atomic E-state index is 9.86. The fraction of sp³-hybridized carbons (Fsp3) is 0.895. The van der Waals surface area contributed by atoms with Crippen LogP contribution in [0.25, 0.3) is 0 Å². The molecule has 0 radical (unpaired) electrons. The van der Waals surface area contributed by atoms with E-state index in [9.17, 15) is 5.11 Å². The van der Waals surface area contributed by atoms with Gasteiger partial charge in [-0.1, -0.05) is 47.6 Å². The molecule has 0 fully saturated rings. The highest BCUT2D eigenvalue weighted by Gasteiger charge is 2.41. The fourth-order valence-corrected chi connectivity index (χ4v) is 4.76. The van der Waals surface area contributed by atoms with Gasteiger partial charge >= 0.3 is 0 Å². The molecule has 5 heteroatoms. The van der Waals surface area contributed by atoms with Gasteiger partial charge in [0.1, 0.15) is 0 Å². The molecule has 0 aliphatic rings. The zero-order valence-corrected chi connectivity index (χ0v) is 19.8. The van der Waals surface area contributed by atoms with E-state index in [4.69, 9.17) is 8.85 Å². The van der Waals surface area contributed by atoms with Crippen LogP contribution in [0.1, 0.15) is 54.4 Å². The molecule has 24 heavy (non-hydrogen) atoms. The molecule has 0 aromatic carbocycles. The quantitative estimate of drug-likeness (QED) is 0.414. The van der Waals surface area contributed by atoms with Gasteiger partial charge < -0.3 is 14.0 Å². The molecule has 0 aliphatic carbocycles. The largest absolute Gasteiger partial charge is 0.414 e. The van der Waals surface area contributed by atoms with Crippen molar-refractivity contribution in [1.29, 1.82) is 0 Å². The smallest absolute Gasteiger partial charge is 0.192 e. The van der Waals surface area contributed by atoms with E-state index >= 15 is 0 Å². The van der Waals surface area contributed by atoms with Gasteiger partial charge in [-0.05, 0) is 49.1 Å². The Morgan fingerprint density at radius 2 is 1.25 bits per heavy atom. The molecular weight excluding hydrogens is 332 g/mol. The van der Waals surface area contributed by atoms with E-state index in [2.05, 4.69) is 74.3 Å². The summed E-state index contributed by atoms with van der Waals surface area (Å²) >= 11 is 0. The summed E-state index contributed by atoms with van der Waals surface area (Å²) in [6, 6.07) is 0. The van der Waals surface area contributed by atoms with Crippen molar-refractivity contribution in [2.24, 2.45) is 0 Å². The van der Waals surface area contributed by atoms with Gasteiger partial charge in [-0.15, -0.1) is 6.58 Å². The number of hydrogen-bond donors (Lipinski definition) is 1. The second-order valence-corrected chi connectivity index (χ2v) is 19.5. The van der Waals surface area contributed by atoms with E-state index < -0.39 is 16.6 Å². The maximum atomic E-state index is 9.86. The first-order chi connectivity index (χ1) is 10.6. The van der Waals surface area contributed by atoms with Crippen LogP contribution in [-0.4, -0.2) is 40.6 Å². The zero-order valence-electron chi connectivity index (χ0n) is 17.8. The average Bonchev–Trinajstić information content (AvgIpc) is 2.34. The van der Waals surface area contributed by atoms with Crippen LogP contribution >= 0.6 is 0 Å². The SMILES string of the molecule is C=CC[C@H](C[C@@H](CO)O[Si](C)(C)C(C)(C)C)O[Si](C)(C)C(C)(C)C. The first-order valence-corrected chi connectivity index (χ1v) is 15.0. The summed E-state index contributed by atoms with van der Waals surface area (Å²) in [7, 11) is -3.76. The van der Waals surface area contributed by atoms with Crippen molar-refractivity contribution >= 4 is 16.6 Å². The molecule has 0 aromatic rings. The highest BCUT2D eigenvalue weighted by Crippen LogP contribution is 2.40. The normalized spacial score (nSPS) is 16.8. The summed E-state index contributed by atoms with van der Waals surface area (Å²) in [5.41, 5.74) is 0. The van der Waals surface area contributed by atoms with E-state index in [1.807, 2.05) is 6.08 Å². The van der Waals surface area contributed by atoms with Gasteiger partial charge in [0.2, 0.25) is 0 Å². The van der Waals surface area contributed by atoms with E-state index in [0.29, 0.717) is 0 Å². The molecule has 3 nitrogen and oxygen atoms in total. The summed E-state index contributed by atoms with van der Waals surface area (Å²) in [5, 5.41) is 10.2. The second-order valence-electron chi connectivity index (χ2n) is 9.94. The predicted molar refractivity (Wildman–Crippen MR) is 111 cm³/mol. The molecule has 0 unspecified atom stereocenters. The van der Waals surface area contributed by atoms with Crippen LogP contribution in [0.4, 0.5) is 0 Å². The summed E-state index contributed by atoms with van der Waals surface area (Å²) in [6.07, 6.45) is 3.33. The zero-order chi connectivity index (χ0) is 19.4. The molecule has 0 saturated heterocycles. The van der Waals surface area contributed by atoms with E-state index in [0.717, 1.165) is 12.8 Å². The van der Waals surface area contributed by atoms with Gasteiger partial charge in [0, 0.05) is 0 Å². The van der Waals surface area contributed by atoms with E-state index in [-0.39, 0.29) is 28.9 Å². The van der Waals surface area contributed by atoms with Crippen molar-refractivity contribution in [3.63, 3.8) is 0 Å². The molecule has 0 aromatic heterocycles. The highest BCUT2D eigenvalue weighted by atomic mass is 28.4. The Morgan fingerprint density at radius 3 is 1.54 bits per heavy atom. The number of aliphatic hydroxyl groups is 1. The Hall–Kier alpha value is 0.0538. The van der Waals surface area contributed by atoms with Crippen LogP contribution < -0.4 is 0 Å². The molecule has 0 rings (SSSR count). The van der Waals surface area contributed by atoms with Gasteiger partial charge in [-0.2, -0.15) is 0 Å².